The lowest BCUT2D eigenvalue weighted by molar-refractivity contribution is -0.122. The molecule has 2 bridgehead atoms. The maximum absolute atomic E-state index is 12.3. The molecular formula is C21H35Cl2N3O. The fraction of sp³-hybridized carbons (Fsp3) is 0.667. The summed E-state index contributed by atoms with van der Waals surface area (Å²) in [4.78, 5) is 14.7. The summed E-state index contributed by atoms with van der Waals surface area (Å²) in [5.74, 6) is 0.771. The summed E-state index contributed by atoms with van der Waals surface area (Å²) in [5, 5.41) is 6.78. The molecule has 0 aliphatic carbocycles. The minimum atomic E-state index is 0. The van der Waals surface area contributed by atoms with Gasteiger partial charge in [-0.15, -0.1) is 24.8 Å². The van der Waals surface area contributed by atoms with Crippen LogP contribution < -0.4 is 10.6 Å². The van der Waals surface area contributed by atoms with Gasteiger partial charge in [0.2, 0.25) is 5.91 Å². The van der Waals surface area contributed by atoms with Gasteiger partial charge in [-0.05, 0) is 55.8 Å². The SMILES string of the molecule is CCN(CC)Cc1cccc(CNC(=O)CC2CC3CCC(C2)N3)c1.Cl.Cl. The molecule has 1 amide bonds. The Morgan fingerprint density at radius 1 is 1.11 bits per heavy atom. The van der Waals surface area contributed by atoms with Crippen molar-refractivity contribution in [2.24, 2.45) is 5.92 Å². The van der Waals surface area contributed by atoms with Crippen LogP contribution in [0.15, 0.2) is 24.3 Å². The fourth-order valence-corrected chi connectivity index (χ4v) is 4.42. The van der Waals surface area contributed by atoms with Crippen LogP contribution in [-0.2, 0) is 17.9 Å². The fourth-order valence-electron chi connectivity index (χ4n) is 4.42. The number of hydrogen-bond donors (Lipinski definition) is 2. The van der Waals surface area contributed by atoms with E-state index in [4.69, 9.17) is 0 Å². The molecule has 1 aromatic carbocycles. The Labute approximate surface area is 176 Å². The Morgan fingerprint density at radius 3 is 2.37 bits per heavy atom. The molecule has 154 valence electrons. The lowest BCUT2D eigenvalue weighted by atomic mass is 9.89. The molecule has 2 heterocycles. The number of hydrogen-bond acceptors (Lipinski definition) is 3. The number of carbonyl (C=O) groups is 1. The average Bonchev–Trinajstić information content (AvgIpc) is 2.96. The van der Waals surface area contributed by atoms with E-state index in [-0.39, 0.29) is 30.7 Å². The highest BCUT2D eigenvalue weighted by atomic mass is 35.5. The summed E-state index contributed by atoms with van der Waals surface area (Å²) in [5.41, 5.74) is 2.52. The molecule has 2 aliphatic heterocycles. The molecule has 2 aliphatic rings. The first-order valence-electron chi connectivity index (χ1n) is 9.99. The second kappa shape index (κ2) is 11.9. The number of piperidine rings is 1. The molecule has 27 heavy (non-hydrogen) atoms. The van der Waals surface area contributed by atoms with Gasteiger partial charge in [-0.2, -0.15) is 0 Å². The van der Waals surface area contributed by atoms with Crippen LogP contribution in [0.1, 0.15) is 57.1 Å². The minimum Gasteiger partial charge on any atom is -0.352 e. The monoisotopic (exact) mass is 415 g/mol. The molecule has 0 saturated carbocycles. The third-order valence-electron chi connectivity index (χ3n) is 5.83. The smallest absolute Gasteiger partial charge is 0.220 e. The van der Waals surface area contributed by atoms with Crippen molar-refractivity contribution in [3.8, 4) is 0 Å². The van der Waals surface area contributed by atoms with Crippen LogP contribution in [0.2, 0.25) is 0 Å². The third-order valence-corrected chi connectivity index (χ3v) is 5.83. The van der Waals surface area contributed by atoms with E-state index in [9.17, 15) is 4.79 Å². The minimum absolute atomic E-state index is 0. The highest BCUT2D eigenvalue weighted by Gasteiger charge is 2.34. The van der Waals surface area contributed by atoms with Crippen LogP contribution in [0.5, 0.6) is 0 Å². The zero-order chi connectivity index (χ0) is 17.6. The van der Waals surface area contributed by atoms with E-state index < -0.39 is 0 Å². The molecule has 2 saturated heterocycles. The van der Waals surface area contributed by atoms with E-state index in [1.807, 2.05) is 0 Å². The van der Waals surface area contributed by atoms with Crippen LogP contribution in [-0.4, -0.2) is 36.0 Å². The van der Waals surface area contributed by atoms with Crippen molar-refractivity contribution in [1.82, 2.24) is 15.5 Å². The molecule has 4 nitrogen and oxygen atoms in total. The number of halogens is 2. The zero-order valence-electron chi connectivity index (χ0n) is 16.6. The normalized spacial score (nSPS) is 23.4. The predicted molar refractivity (Wildman–Crippen MR) is 117 cm³/mol. The van der Waals surface area contributed by atoms with Gasteiger partial charge < -0.3 is 10.6 Å². The Hall–Kier alpha value is -0.810. The van der Waals surface area contributed by atoms with Crippen molar-refractivity contribution in [2.75, 3.05) is 13.1 Å². The maximum atomic E-state index is 12.3. The molecule has 2 atom stereocenters. The zero-order valence-corrected chi connectivity index (χ0v) is 18.2. The number of fused-ring (bicyclic) bond motifs is 2. The number of amides is 1. The highest BCUT2D eigenvalue weighted by molar-refractivity contribution is 5.85. The van der Waals surface area contributed by atoms with Crippen molar-refractivity contribution in [3.05, 3.63) is 35.4 Å². The molecule has 2 unspecified atom stereocenters. The summed E-state index contributed by atoms with van der Waals surface area (Å²) < 4.78 is 0. The van der Waals surface area contributed by atoms with Gasteiger partial charge in [0.25, 0.3) is 0 Å². The molecule has 0 radical (unpaired) electrons. The molecule has 1 aromatic rings. The summed E-state index contributed by atoms with van der Waals surface area (Å²) in [7, 11) is 0. The number of rotatable bonds is 8. The number of benzene rings is 1. The molecule has 2 N–H and O–H groups in total. The molecule has 0 aromatic heterocycles. The quantitative estimate of drug-likeness (QED) is 0.676. The van der Waals surface area contributed by atoms with Crippen molar-refractivity contribution in [3.63, 3.8) is 0 Å². The van der Waals surface area contributed by atoms with Crippen molar-refractivity contribution < 1.29 is 4.79 Å². The van der Waals surface area contributed by atoms with Gasteiger partial charge in [0.05, 0.1) is 0 Å². The first kappa shape index (κ1) is 24.2. The molecular weight excluding hydrogens is 381 g/mol. The summed E-state index contributed by atoms with van der Waals surface area (Å²) >= 11 is 0. The largest absolute Gasteiger partial charge is 0.352 e. The Bertz CT molecular complexity index is 568. The summed E-state index contributed by atoms with van der Waals surface area (Å²) in [6.07, 6.45) is 5.62. The van der Waals surface area contributed by atoms with E-state index in [1.165, 1.54) is 36.8 Å². The van der Waals surface area contributed by atoms with Gasteiger partial charge in [-0.25, -0.2) is 0 Å². The van der Waals surface area contributed by atoms with Gasteiger partial charge in [0.15, 0.2) is 0 Å². The van der Waals surface area contributed by atoms with Gasteiger partial charge in [-0.3, -0.25) is 9.69 Å². The number of carbonyl (C=O) groups excluding carboxylic acids is 1. The van der Waals surface area contributed by atoms with Crippen molar-refractivity contribution in [1.29, 1.82) is 0 Å². The van der Waals surface area contributed by atoms with E-state index in [0.717, 1.165) is 19.6 Å². The third kappa shape index (κ3) is 7.26. The number of nitrogens with zero attached hydrogens (tertiary/aromatic N) is 1. The van der Waals surface area contributed by atoms with Gasteiger partial charge in [0, 0.05) is 31.6 Å². The number of nitrogens with one attached hydrogen (secondary N) is 2. The standard InChI is InChI=1S/C21H33N3O.2ClH/c1-3-24(4-2)15-17-7-5-6-16(10-17)14-22-21(25)13-18-11-19-8-9-20(12-18)23-19;;/h5-7,10,18-20,23H,3-4,8-9,11-15H2,1-2H3,(H,22,25);2*1H. The maximum Gasteiger partial charge on any atom is 0.220 e. The van der Waals surface area contributed by atoms with Crippen molar-refractivity contribution in [2.45, 2.75) is 71.1 Å². The topological polar surface area (TPSA) is 44.4 Å². The van der Waals surface area contributed by atoms with Crippen LogP contribution in [0.25, 0.3) is 0 Å². The first-order valence-corrected chi connectivity index (χ1v) is 9.99. The van der Waals surface area contributed by atoms with Gasteiger partial charge in [0.1, 0.15) is 0 Å². The molecule has 6 heteroatoms. The van der Waals surface area contributed by atoms with Crippen LogP contribution in [0.3, 0.4) is 0 Å². The Balaban J connectivity index is 0.00000182. The predicted octanol–water partition coefficient (Wildman–Crippen LogP) is 3.91. The van der Waals surface area contributed by atoms with Crippen LogP contribution in [0.4, 0.5) is 0 Å². The van der Waals surface area contributed by atoms with E-state index in [2.05, 4.69) is 53.6 Å². The van der Waals surface area contributed by atoms with E-state index in [1.54, 1.807) is 0 Å². The van der Waals surface area contributed by atoms with E-state index in [0.29, 0.717) is 31.0 Å². The lowest BCUT2D eigenvalue weighted by Crippen LogP contribution is -2.39. The van der Waals surface area contributed by atoms with E-state index >= 15 is 0 Å². The summed E-state index contributed by atoms with van der Waals surface area (Å²) in [6.45, 7) is 8.14. The van der Waals surface area contributed by atoms with Crippen LogP contribution >= 0.6 is 24.8 Å². The second-order valence-electron chi connectivity index (χ2n) is 7.74. The van der Waals surface area contributed by atoms with Crippen LogP contribution in [0, 0.1) is 5.92 Å². The van der Waals surface area contributed by atoms with Crippen molar-refractivity contribution >= 4 is 30.7 Å². The molecule has 3 rings (SSSR count). The van der Waals surface area contributed by atoms with Gasteiger partial charge >= 0.3 is 0 Å². The molecule has 0 spiro atoms. The lowest BCUT2D eigenvalue weighted by Gasteiger charge is -2.28. The Morgan fingerprint density at radius 2 is 1.74 bits per heavy atom. The molecule has 2 fully saturated rings. The first-order chi connectivity index (χ1) is 12.2. The van der Waals surface area contributed by atoms with Gasteiger partial charge in [-0.1, -0.05) is 38.1 Å². The Kier molecular flexibility index (Phi) is 10.7. The summed E-state index contributed by atoms with van der Waals surface area (Å²) in [6, 6.07) is 9.93. The second-order valence-corrected chi connectivity index (χ2v) is 7.74. The average molecular weight is 416 g/mol. The highest BCUT2D eigenvalue weighted by Crippen LogP contribution is 2.32.